The number of carbonyl (C=O) groups is 2. The summed E-state index contributed by atoms with van der Waals surface area (Å²) >= 11 is 0. The summed E-state index contributed by atoms with van der Waals surface area (Å²) in [5.41, 5.74) is 1.59. The van der Waals surface area contributed by atoms with Crippen LogP contribution in [0.2, 0.25) is 0 Å². The van der Waals surface area contributed by atoms with Crippen LogP contribution in [-0.4, -0.2) is 46.1 Å². The average molecular weight is 448 g/mol. The number of nitrogens with zero attached hydrogens (tertiary/aromatic N) is 2. The molecule has 1 fully saturated rings. The van der Waals surface area contributed by atoms with E-state index in [0.29, 0.717) is 16.8 Å². The average Bonchev–Trinajstić information content (AvgIpc) is 3.20. The number of benzene rings is 2. The van der Waals surface area contributed by atoms with Crippen LogP contribution in [-0.2, 0) is 14.0 Å². The molecule has 1 aromatic heterocycles. The molecule has 2 heterocycles. The van der Waals surface area contributed by atoms with Crippen molar-refractivity contribution in [3.63, 3.8) is 0 Å². The second-order valence-electron chi connectivity index (χ2n) is 10.3. The molecule has 33 heavy (non-hydrogen) atoms. The summed E-state index contributed by atoms with van der Waals surface area (Å²) in [5.74, 6) is 0. The monoisotopic (exact) mass is 448 g/mol. The first-order valence-corrected chi connectivity index (χ1v) is 11.0. The van der Waals surface area contributed by atoms with Gasteiger partial charge in [-0.15, -0.1) is 0 Å². The summed E-state index contributed by atoms with van der Waals surface area (Å²) in [6.45, 7) is 13.4. The maximum absolute atomic E-state index is 12.9. The number of hydrogen-bond acceptors (Lipinski definition) is 6. The van der Waals surface area contributed by atoms with Crippen molar-refractivity contribution < 1.29 is 23.6 Å². The standard InChI is InChI=1S/C25H29BN2O5/c1-23(2,3)31-22(30)28-20-12-11-18(26-32-24(4,5)25(6,7)33-26)14-19(20)21(27-28)17-10-8-9-16(13-17)15-29/h8-15H,1-7H3. The van der Waals surface area contributed by atoms with E-state index < -0.39 is 30.0 Å². The van der Waals surface area contributed by atoms with Gasteiger partial charge in [0.1, 0.15) is 17.6 Å². The van der Waals surface area contributed by atoms with Crippen LogP contribution in [0.5, 0.6) is 0 Å². The van der Waals surface area contributed by atoms with Crippen LogP contribution < -0.4 is 5.46 Å². The van der Waals surface area contributed by atoms with Crippen molar-refractivity contribution >= 4 is 35.9 Å². The minimum atomic E-state index is -0.671. The molecule has 0 amide bonds. The maximum atomic E-state index is 12.9. The zero-order valence-electron chi connectivity index (χ0n) is 20.1. The molecule has 1 saturated heterocycles. The van der Waals surface area contributed by atoms with Crippen molar-refractivity contribution in [1.29, 1.82) is 0 Å². The highest BCUT2D eigenvalue weighted by Crippen LogP contribution is 2.37. The van der Waals surface area contributed by atoms with Crippen LogP contribution in [0.15, 0.2) is 42.5 Å². The Morgan fingerprint density at radius 1 is 1.06 bits per heavy atom. The van der Waals surface area contributed by atoms with E-state index in [1.54, 1.807) is 39.0 Å². The van der Waals surface area contributed by atoms with Gasteiger partial charge in [0.15, 0.2) is 0 Å². The van der Waals surface area contributed by atoms with E-state index in [4.69, 9.17) is 14.0 Å². The van der Waals surface area contributed by atoms with Gasteiger partial charge in [-0.3, -0.25) is 4.79 Å². The first-order chi connectivity index (χ1) is 15.3. The molecule has 172 valence electrons. The van der Waals surface area contributed by atoms with Crippen molar-refractivity contribution in [1.82, 2.24) is 9.78 Å². The second kappa shape index (κ2) is 7.82. The molecule has 0 spiro atoms. The Kier molecular flexibility index (Phi) is 5.50. The first kappa shape index (κ1) is 23.2. The number of aromatic nitrogens is 2. The van der Waals surface area contributed by atoms with Gasteiger partial charge >= 0.3 is 13.2 Å². The molecule has 0 bridgehead atoms. The van der Waals surface area contributed by atoms with Gasteiger partial charge in [0, 0.05) is 16.5 Å². The molecule has 0 aliphatic carbocycles. The Morgan fingerprint density at radius 3 is 2.33 bits per heavy atom. The third kappa shape index (κ3) is 4.33. The largest absolute Gasteiger partial charge is 0.494 e. The van der Waals surface area contributed by atoms with Crippen molar-refractivity contribution in [2.24, 2.45) is 0 Å². The lowest BCUT2D eigenvalue weighted by atomic mass is 9.78. The van der Waals surface area contributed by atoms with Crippen LogP contribution in [0, 0.1) is 0 Å². The molecule has 8 heteroatoms. The number of ether oxygens (including phenoxy) is 1. The number of hydrogen-bond donors (Lipinski definition) is 0. The van der Waals surface area contributed by atoms with E-state index in [9.17, 15) is 9.59 Å². The van der Waals surface area contributed by atoms with Crippen molar-refractivity contribution in [2.45, 2.75) is 65.3 Å². The van der Waals surface area contributed by atoms with Gasteiger partial charge < -0.3 is 14.0 Å². The third-order valence-electron chi connectivity index (χ3n) is 6.09. The van der Waals surface area contributed by atoms with Gasteiger partial charge in [-0.05, 0) is 66.1 Å². The molecule has 1 aliphatic rings. The summed E-state index contributed by atoms with van der Waals surface area (Å²) in [5, 5.41) is 5.32. The van der Waals surface area contributed by atoms with Gasteiger partial charge in [0.05, 0.1) is 16.7 Å². The summed E-state index contributed by atoms with van der Waals surface area (Å²) in [6.07, 6.45) is 0.209. The fourth-order valence-corrected chi connectivity index (χ4v) is 3.68. The first-order valence-electron chi connectivity index (χ1n) is 11.0. The SMILES string of the molecule is CC(C)(C)OC(=O)n1nc(-c2cccc(C=O)c2)c2cc(B3OC(C)(C)C(C)(C)O3)ccc21. The van der Waals surface area contributed by atoms with Gasteiger partial charge in [-0.2, -0.15) is 9.78 Å². The van der Waals surface area contributed by atoms with Crippen LogP contribution >= 0.6 is 0 Å². The Morgan fingerprint density at radius 2 is 1.73 bits per heavy atom. The molecular weight excluding hydrogens is 419 g/mol. The van der Waals surface area contributed by atoms with E-state index in [-0.39, 0.29) is 0 Å². The summed E-state index contributed by atoms with van der Waals surface area (Å²) in [6, 6.07) is 12.7. The van der Waals surface area contributed by atoms with Crippen LogP contribution in [0.3, 0.4) is 0 Å². The molecule has 0 N–H and O–H groups in total. The molecule has 7 nitrogen and oxygen atoms in total. The summed E-state index contributed by atoms with van der Waals surface area (Å²) in [7, 11) is -0.557. The molecule has 3 aromatic rings. The molecular formula is C25H29BN2O5. The third-order valence-corrected chi connectivity index (χ3v) is 6.09. The topological polar surface area (TPSA) is 79.7 Å². The van der Waals surface area contributed by atoms with E-state index in [1.165, 1.54) is 4.68 Å². The number of rotatable bonds is 3. The predicted molar refractivity (Wildman–Crippen MR) is 128 cm³/mol. The summed E-state index contributed by atoms with van der Waals surface area (Å²) in [4.78, 5) is 24.3. The Balaban J connectivity index is 1.86. The van der Waals surface area contributed by atoms with Crippen LogP contribution in [0.1, 0.15) is 58.8 Å². The molecule has 0 radical (unpaired) electrons. The highest BCUT2D eigenvalue weighted by atomic mass is 16.7. The molecule has 0 saturated carbocycles. The lowest BCUT2D eigenvalue weighted by Crippen LogP contribution is -2.41. The van der Waals surface area contributed by atoms with Crippen molar-refractivity contribution in [2.75, 3.05) is 0 Å². The number of aldehydes is 1. The van der Waals surface area contributed by atoms with Gasteiger partial charge in [-0.1, -0.05) is 30.3 Å². The summed E-state index contributed by atoms with van der Waals surface area (Å²) < 4.78 is 19.3. The number of fused-ring (bicyclic) bond motifs is 1. The Bertz CT molecular complexity index is 1220. The van der Waals surface area contributed by atoms with Gasteiger partial charge in [0.25, 0.3) is 0 Å². The van der Waals surface area contributed by atoms with Gasteiger partial charge in [0.2, 0.25) is 0 Å². The molecule has 1 aliphatic heterocycles. The van der Waals surface area contributed by atoms with Crippen LogP contribution in [0.25, 0.3) is 22.2 Å². The normalized spacial score (nSPS) is 17.4. The number of carbonyl (C=O) groups excluding carboxylic acids is 2. The molecule has 4 rings (SSSR count). The molecule has 0 unspecified atom stereocenters. The second-order valence-corrected chi connectivity index (χ2v) is 10.3. The molecule has 0 atom stereocenters. The van der Waals surface area contributed by atoms with E-state index >= 15 is 0 Å². The lowest BCUT2D eigenvalue weighted by Gasteiger charge is -2.32. The lowest BCUT2D eigenvalue weighted by molar-refractivity contribution is 0.00578. The quantitative estimate of drug-likeness (QED) is 0.431. The van der Waals surface area contributed by atoms with E-state index in [0.717, 1.165) is 22.7 Å². The fourth-order valence-electron chi connectivity index (χ4n) is 3.68. The Labute approximate surface area is 194 Å². The smallest absolute Gasteiger partial charge is 0.442 e. The highest BCUT2D eigenvalue weighted by Gasteiger charge is 2.51. The minimum Gasteiger partial charge on any atom is -0.442 e. The van der Waals surface area contributed by atoms with Crippen molar-refractivity contribution in [3.8, 4) is 11.3 Å². The van der Waals surface area contributed by atoms with Gasteiger partial charge in [-0.25, -0.2) is 4.79 Å². The van der Waals surface area contributed by atoms with Crippen molar-refractivity contribution in [3.05, 3.63) is 48.0 Å². The van der Waals surface area contributed by atoms with Crippen LogP contribution in [0.4, 0.5) is 4.79 Å². The molecule has 2 aromatic carbocycles. The van der Waals surface area contributed by atoms with E-state index in [1.807, 2.05) is 52.0 Å². The Hall–Kier alpha value is -2.97. The zero-order valence-corrected chi connectivity index (χ0v) is 20.1. The van der Waals surface area contributed by atoms with E-state index in [2.05, 4.69) is 5.10 Å². The predicted octanol–water partition coefficient (Wildman–Crippen LogP) is 4.60. The fraction of sp³-hybridized carbons (Fsp3) is 0.400. The highest BCUT2D eigenvalue weighted by molar-refractivity contribution is 6.62. The zero-order chi connectivity index (χ0) is 24.2. The minimum absolute atomic E-state index is 0.478. The maximum Gasteiger partial charge on any atom is 0.494 e.